The molecule has 0 atom stereocenters. The molecule has 0 spiro atoms. The number of nitrogens with one attached hydrogen (secondary N) is 1. The fourth-order valence-electron chi connectivity index (χ4n) is 1.55. The number of methoxy groups -OCH3 is 1. The second-order valence-electron chi connectivity index (χ2n) is 4.05. The second-order valence-corrected chi connectivity index (χ2v) is 4.83. The first-order valence-electron chi connectivity index (χ1n) is 6.20. The van der Waals surface area contributed by atoms with Crippen molar-refractivity contribution in [2.75, 3.05) is 18.7 Å². The molecule has 0 radical (unpaired) electrons. The zero-order valence-corrected chi connectivity index (χ0v) is 12.6. The molecule has 1 amide bonds. The van der Waals surface area contributed by atoms with E-state index in [0.717, 1.165) is 11.3 Å². The number of ether oxygens (including phenoxy) is 1. The van der Waals surface area contributed by atoms with Crippen LogP contribution in [-0.2, 0) is 4.79 Å². The van der Waals surface area contributed by atoms with Crippen molar-refractivity contribution in [1.29, 1.82) is 0 Å². The number of nitrogens with zero attached hydrogens (tertiary/aromatic N) is 2. The minimum Gasteiger partial charge on any atom is -0.497 e. The Morgan fingerprint density at radius 2 is 1.90 bits per heavy atom. The molecule has 2 aromatic rings. The Kier molecular flexibility index (Phi) is 5.34. The molecule has 0 aliphatic rings. The Hall–Kier alpha value is -2.34. The maximum Gasteiger partial charge on any atom is 0.248 e. The average Bonchev–Trinajstić information content (AvgIpc) is 2.54. The summed E-state index contributed by atoms with van der Waals surface area (Å²) in [5, 5.41) is 3.46. The lowest BCUT2D eigenvalue weighted by Gasteiger charge is -2.03. The van der Waals surface area contributed by atoms with E-state index in [-0.39, 0.29) is 5.91 Å². The molecule has 1 aromatic carbocycles. The van der Waals surface area contributed by atoms with Crippen molar-refractivity contribution in [3.05, 3.63) is 48.3 Å². The van der Waals surface area contributed by atoms with Gasteiger partial charge in [0.25, 0.3) is 0 Å². The summed E-state index contributed by atoms with van der Waals surface area (Å²) in [6, 6.07) is 7.13. The molecule has 0 aliphatic carbocycles. The lowest BCUT2D eigenvalue weighted by atomic mass is 10.3. The summed E-state index contributed by atoms with van der Waals surface area (Å²) in [5.41, 5.74) is 1.48. The molecule has 108 valence electrons. The van der Waals surface area contributed by atoms with Crippen LogP contribution in [0.25, 0.3) is 6.08 Å². The predicted octanol–water partition coefficient (Wildman–Crippen LogP) is 2.86. The van der Waals surface area contributed by atoms with Gasteiger partial charge in [-0.25, -0.2) is 9.97 Å². The molecule has 0 fully saturated rings. The number of amides is 1. The Morgan fingerprint density at radius 1 is 1.24 bits per heavy atom. The third-order valence-corrected chi connectivity index (χ3v) is 3.19. The monoisotopic (exact) mass is 301 g/mol. The minimum absolute atomic E-state index is 0.214. The van der Waals surface area contributed by atoms with E-state index < -0.39 is 0 Å². The molecular formula is C15H15N3O2S. The van der Waals surface area contributed by atoms with Crippen LogP contribution in [0.15, 0.2) is 47.9 Å². The molecule has 0 unspecified atom stereocenters. The summed E-state index contributed by atoms with van der Waals surface area (Å²) in [7, 11) is 1.60. The third-order valence-electron chi connectivity index (χ3n) is 2.62. The average molecular weight is 301 g/mol. The van der Waals surface area contributed by atoms with E-state index in [4.69, 9.17) is 4.74 Å². The molecular weight excluding hydrogens is 286 g/mol. The van der Waals surface area contributed by atoms with Crippen LogP contribution in [0.4, 0.5) is 5.69 Å². The van der Waals surface area contributed by atoms with Gasteiger partial charge in [0.05, 0.1) is 7.11 Å². The van der Waals surface area contributed by atoms with Gasteiger partial charge in [-0.05, 0) is 36.6 Å². The van der Waals surface area contributed by atoms with Crippen molar-refractivity contribution in [2.24, 2.45) is 0 Å². The molecule has 0 saturated heterocycles. The number of rotatable bonds is 5. The van der Waals surface area contributed by atoms with Crippen LogP contribution in [0.3, 0.4) is 0 Å². The highest BCUT2D eigenvalue weighted by Gasteiger charge is 1.99. The van der Waals surface area contributed by atoms with Gasteiger partial charge in [0, 0.05) is 29.7 Å². The van der Waals surface area contributed by atoms with Crippen molar-refractivity contribution >= 4 is 29.4 Å². The smallest absolute Gasteiger partial charge is 0.248 e. The quantitative estimate of drug-likeness (QED) is 0.522. The highest BCUT2D eigenvalue weighted by Crippen LogP contribution is 2.15. The molecule has 0 bridgehead atoms. The Labute approximate surface area is 127 Å². The van der Waals surface area contributed by atoms with Crippen molar-refractivity contribution in [3.8, 4) is 5.75 Å². The largest absolute Gasteiger partial charge is 0.497 e. The van der Waals surface area contributed by atoms with Crippen LogP contribution >= 0.6 is 11.8 Å². The van der Waals surface area contributed by atoms with E-state index in [1.807, 2.05) is 6.26 Å². The van der Waals surface area contributed by atoms with Gasteiger partial charge in [0.1, 0.15) is 5.75 Å². The van der Waals surface area contributed by atoms with Crippen LogP contribution in [0.2, 0.25) is 0 Å². The number of hydrogen-bond acceptors (Lipinski definition) is 5. The third kappa shape index (κ3) is 4.61. The van der Waals surface area contributed by atoms with Gasteiger partial charge >= 0.3 is 0 Å². The highest BCUT2D eigenvalue weighted by atomic mass is 32.2. The number of thioether (sulfide) groups is 1. The number of anilines is 1. The van der Waals surface area contributed by atoms with Gasteiger partial charge in [-0.15, -0.1) is 0 Å². The molecule has 21 heavy (non-hydrogen) atoms. The Morgan fingerprint density at radius 3 is 2.48 bits per heavy atom. The zero-order valence-electron chi connectivity index (χ0n) is 11.7. The lowest BCUT2D eigenvalue weighted by Crippen LogP contribution is -2.07. The summed E-state index contributed by atoms with van der Waals surface area (Å²) >= 11 is 1.47. The van der Waals surface area contributed by atoms with Crippen LogP contribution in [0.1, 0.15) is 5.56 Å². The summed E-state index contributed by atoms with van der Waals surface area (Å²) in [5.74, 6) is 0.531. The first-order chi connectivity index (χ1) is 10.2. The van der Waals surface area contributed by atoms with Crippen LogP contribution < -0.4 is 10.1 Å². The number of hydrogen-bond donors (Lipinski definition) is 1. The van der Waals surface area contributed by atoms with Gasteiger partial charge in [-0.3, -0.25) is 4.79 Å². The second kappa shape index (κ2) is 7.44. The molecule has 0 saturated carbocycles. The van der Waals surface area contributed by atoms with Gasteiger partial charge in [0.2, 0.25) is 5.91 Å². The zero-order chi connectivity index (χ0) is 15.1. The van der Waals surface area contributed by atoms with Crippen LogP contribution in [-0.4, -0.2) is 29.2 Å². The molecule has 6 heteroatoms. The molecule has 1 N–H and O–H groups in total. The standard InChI is InChI=1S/C15H15N3O2S/c1-20-13-6-4-12(5-7-13)18-14(19)8-3-11-9-16-15(21-2)17-10-11/h3-10H,1-2H3,(H,18,19)/b8-3+. The van der Waals surface area contributed by atoms with E-state index in [1.165, 1.54) is 17.8 Å². The number of benzene rings is 1. The fourth-order valence-corrected chi connectivity index (χ4v) is 1.86. The highest BCUT2D eigenvalue weighted by molar-refractivity contribution is 7.98. The fraction of sp³-hybridized carbons (Fsp3) is 0.133. The Balaban J connectivity index is 1.94. The van der Waals surface area contributed by atoms with E-state index in [1.54, 1.807) is 49.8 Å². The van der Waals surface area contributed by atoms with Gasteiger partial charge in [-0.1, -0.05) is 11.8 Å². The van der Waals surface area contributed by atoms with E-state index in [2.05, 4.69) is 15.3 Å². The summed E-state index contributed by atoms with van der Waals surface area (Å²) in [4.78, 5) is 20.1. The SMILES string of the molecule is COc1ccc(NC(=O)/C=C/c2cnc(SC)nc2)cc1. The van der Waals surface area contributed by atoms with Crippen LogP contribution in [0, 0.1) is 0 Å². The molecule has 0 aliphatic heterocycles. The molecule has 1 heterocycles. The van der Waals surface area contributed by atoms with Crippen molar-refractivity contribution in [2.45, 2.75) is 5.16 Å². The number of carbonyl (C=O) groups excluding carboxylic acids is 1. The lowest BCUT2D eigenvalue weighted by molar-refractivity contribution is -0.111. The van der Waals surface area contributed by atoms with Crippen molar-refractivity contribution in [3.63, 3.8) is 0 Å². The van der Waals surface area contributed by atoms with Crippen molar-refractivity contribution < 1.29 is 9.53 Å². The minimum atomic E-state index is -0.214. The van der Waals surface area contributed by atoms with Crippen molar-refractivity contribution in [1.82, 2.24) is 9.97 Å². The van der Waals surface area contributed by atoms with E-state index in [0.29, 0.717) is 10.8 Å². The maximum atomic E-state index is 11.8. The summed E-state index contributed by atoms with van der Waals surface area (Å²) < 4.78 is 5.06. The molecule has 5 nitrogen and oxygen atoms in total. The maximum absolute atomic E-state index is 11.8. The van der Waals surface area contributed by atoms with E-state index >= 15 is 0 Å². The summed E-state index contributed by atoms with van der Waals surface area (Å²) in [6.07, 6.45) is 8.38. The number of carbonyl (C=O) groups is 1. The predicted molar refractivity (Wildman–Crippen MR) is 84.5 cm³/mol. The molecule has 1 aromatic heterocycles. The topological polar surface area (TPSA) is 64.1 Å². The van der Waals surface area contributed by atoms with Gasteiger partial charge in [-0.2, -0.15) is 0 Å². The molecule has 2 rings (SSSR count). The van der Waals surface area contributed by atoms with Gasteiger partial charge in [0.15, 0.2) is 5.16 Å². The van der Waals surface area contributed by atoms with E-state index in [9.17, 15) is 4.79 Å². The van der Waals surface area contributed by atoms with Gasteiger partial charge < -0.3 is 10.1 Å². The number of aromatic nitrogens is 2. The first-order valence-corrected chi connectivity index (χ1v) is 7.43. The van der Waals surface area contributed by atoms with Crippen LogP contribution in [0.5, 0.6) is 5.75 Å². The normalized spacial score (nSPS) is 10.6. The first kappa shape index (κ1) is 15.1. The Bertz CT molecular complexity index is 624. The summed E-state index contributed by atoms with van der Waals surface area (Å²) in [6.45, 7) is 0.